The van der Waals surface area contributed by atoms with Gasteiger partial charge >= 0.3 is 0 Å². The molecule has 1 aromatic rings. The molecular weight excluding hydrogens is 298 g/mol. The molecule has 0 radical (unpaired) electrons. The van der Waals surface area contributed by atoms with Crippen LogP contribution in [0.2, 0.25) is 0 Å². The molecule has 0 amide bonds. The summed E-state index contributed by atoms with van der Waals surface area (Å²) in [6.45, 7) is 7.47. The van der Waals surface area contributed by atoms with Gasteiger partial charge in [-0.05, 0) is 19.9 Å². The summed E-state index contributed by atoms with van der Waals surface area (Å²) in [6.07, 6.45) is 0. The van der Waals surface area contributed by atoms with E-state index in [4.69, 9.17) is 0 Å². The van der Waals surface area contributed by atoms with Gasteiger partial charge in [0, 0.05) is 20.8 Å². The Hall–Kier alpha value is -0.170. The number of thiophene rings is 1. The molecule has 3 nitrogen and oxygen atoms in total. The molecule has 0 aliphatic carbocycles. The molecule has 0 aliphatic heterocycles. The highest BCUT2D eigenvalue weighted by atomic mass is 79.9. The summed E-state index contributed by atoms with van der Waals surface area (Å²) < 4.78 is 26.7. The van der Waals surface area contributed by atoms with Crippen LogP contribution in [0.1, 0.15) is 9.75 Å². The SMILES string of the molecule is C=C(Br)CNS(=O)(=O)c1cc(C)sc1C. The summed E-state index contributed by atoms with van der Waals surface area (Å²) >= 11 is 4.58. The quantitative estimate of drug-likeness (QED) is 0.929. The van der Waals surface area contributed by atoms with E-state index in [1.807, 2.05) is 6.92 Å². The van der Waals surface area contributed by atoms with Crippen molar-refractivity contribution in [2.24, 2.45) is 0 Å². The Morgan fingerprint density at radius 1 is 1.60 bits per heavy atom. The summed E-state index contributed by atoms with van der Waals surface area (Å²) in [6, 6.07) is 1.68. The highest BCUT2D eigenvalue weighted by molar-refractivity contribution is 9.11. The second kappa shape index (κ2) is 4.78. The summed E-state index contributed by atoms with van der Waals surface area (Å²) in [5, 5.41) is 0. The fourth-order valence-electron chi connectivity index (χ4n) is 1.13. The second-order valence-corrected chi connectivity index (χ2v) is 7.44. The average Bonchev–Trinajstić information content (AvgIpc) is 2.43. The molecule has 0 spiro atoms. The van der Waals surface area contributed by atoms with Gasteiger partial charge in [-0.25, -0.2) is 13.1 Å². The first kappa shape index (κ1) is 12.9. The van der Waals surface area contributed by atoms with Gasteiger partial charge in [0.25, 0.3) is 0 Å². The largest absolute Gasteiger partial charge is 0.241 e. The van der Waals surface area contributed by atoms with Crippen molar-refractivity contribution in [3.05, 3.63) is 26.9 Å². The smallest absolute Gasteiger partial charge is 0.207 e. The van der Waals surface area contributed by atoms with Crippen molar-refractivity contribution in [3.8, 4) is 0 Å². The van der Waals surface area contributed by atoms with Gasteiger partial charge in [0.15, 0.2) is 0 Å². The number of hydrogen-bond acceptors (Lipinski definition) is 3. The van der Waals surface area contributed by atoms with Gasteiger partial charge in [0.05, 0.1) is 4.90 Å². The summed E-state index contributed by atoms with van der Waals surface area (Å²) in [5.41, 5.74) is 0. The zero-order chi connectivity index (χ0) is 11.6. The lowest BCUT2D eigenvalue weighted by Crippen LogP contribution is -2.24. The Kier molecular flexibility index (Phi) is 4.11. The lowest BCUT2D eigenvalue weighted by molar-refractivity contribution is 0.585. The van der Waals surface area contributed by atoms with Crippen LogP contribution in [-0.2, 0) is 10.0 Å². The monoisotopic (exact) mass is 309 g/mol. The molecule has 15 heavy (non-hydrogen) atoms. The van der Waals surface area contributed by atoms with E-state index < -0.39 is 10.0 Å². The zero-order valence-electron chi connectivity index (χ0n) is 8.50. The first-order valence-corrected chi connectivity index (χ1v) is 7.32. The van der Waals surface area contributed by atoms with Crippen molar-refractivity contribution in [2.45, 2.75) is 18.7 Å². The van der Waals surface area contributed by atoms with Crippen LogP contribution in [0.15, 0.2) is 22.0 Å². The molecule has 1 aromatic heterocycles. The first-order chi connectivity index (χ1) is 6.83. The van der Waals surface area contributed by atoms with Crippen LogP contribution < -0.4 is 4.72 Å². The Bertz CT molecular complexity index is 476. The van der Waals surface area contributed by atoms with Crippen molar-refractivity contribution >= 4 is 37.3 Å². The summed E-state index contributed by atoms with van der Waals surface area (Å²) in [5.74, 6) is 0. The lowest BCUT2D eigenvalue weighted by atomic mass is 10.4. The van der Waals surface area contributed by atoms with Gasteiger partial charge < -0.3 is 0 Å². The van der Waals surface area contributed by atoms with E-state index in [0.717, 1.165) is 9.75 Å². The number of hydrogen-bond donors (Lipinski definition) is 1. The van der Waals surface area contributed by atoms with E-state index in [9.17, 15) is 8.42 Å². The molecule has 0 fully saturated rings. The Morgan fingerprint density at radius 2 is 2.20 bits per heavy atom. The maximum atomic E-state index is 11.8. The molecule has 1 heterocycles. The van der Waals surface area contributed by atoms with E-state index in [1.54, 1.807) is 13.0 Å². The van der Waals surface area contributed by atoms with Crippen LogP contribution in [0.3, 0.4) is 0 Å². The minimum absolute atomic E-state index is 0.205. The van der Waals surface area contributed by atoms with Crippen LogP contribution >= 0.6 is 27.3 Å². The number of halogens is 1. The van der Waals surface area contributed by atoms with E-state index in [2.05, 4.69) is 27.2 Å². The molecule has 84 valence electrons. The molecule has 6 heteroatoms. The highest BCUT2D eigenvalue weighted by Gasteiger charge is 2.18. The van der Waals surface area contributed by atoms with E-state index >= 15 is 0 Å². The van der Waals surface area contributed by atoms with Crippen LogP contribution in [0.25, 0.3) is 0 Å². The third-order valence-corrected chi connectivity index (χ3v) is 4.64. The molecule has 0 bridgehead atoms. The normalized spacial score (nSPS) is 11.7. The number of nitrogens with one attached hydrogen (secondary N) is 1. The van der Waals surface area contributed by atoms with Crippen molar-refractivity contribution in [1.29, 1.82) is 0 Å². The minimum atomic E-state index is -3.40. The average molecular weight is 310 g/mol. The minimum Gasteiger partial charge on any atom is -0.207 e. The zero-order valence-corrected chi connectivity index (χ0v) is 11.7. The van der Waals surface area contributed by atoms with Gasteiger partial charge in [-0.1, -0.05) is 22.5 Å². The summed E-state index contributed by atoms with van der Waals surface area (Å²) in [7, 11) is -3.40. The Morgan fingerprint density at radius 3 is 2.60 bits per heavy atom. The Balaban J connectivity index is 2.96. The van der Waals surface area contributed by atoms with E-state index in [0.29, 0.717) is 9.38 Å². The van der Waals surface area contributed by atoms with Gasteiger partial charge in [-0.2, -0.15) is 0 Å². The predicted octanol–water partition coefficient (Wildman–Crippen LogP) is 2.55. The van der Waals surface area contributed by atoms with Gasteiger partial charge in [0.2, 0.25) is 10.0 Å². The maximum absolute atomic E-state index is 11.8. The molecule has 0 aromatic carbocycles. The van der Waals surface area contributed by atoms with E-state index in [1.165, 1.54) is 11.3 Å². The van der Waals surface area contributed by atoms with Gasteiger partial charge in [-0.15, -0.1) is 11.3 Å². The number of aryl methyl sites for hydroxylation is 2. The van der Waals surface area contributed by atoms with Crippen molar-refractivity contribution in [3.63, 3.8) is 0 Å². The molecular formula is C9H12BrNO2S2. The fourth-order valence-corrected chi connectivity index (χ4v) is 4.03. The van der Waals surface area contributed by atoms with E-state index in [-0.39, 0.29) is 6.54 Å². The van der Waals surface area contributed by atoms with Crippen molar-refractivity contribution < 1.29 is 8.42 Å². The third kappa shape index (κ3) is 3.41. The fraction of sp³-hybridized carbons (Fsp3) is 0.333. The highest BCUT2D eigenvalue weighted by Crippen LogP contribution is 2.24. The summed E-state index contributed by atoms with van der Waals surface area (Å²) in [4.78, 5) is 2.16. The second-order valence-electron chi connectivity index (χ2n) is 3.12. The molecule has 0 unspecified atom stereocenters. The molecule has 1 N–H and O–H groups in total. The van der Waals surface area contributed by atoms with Crippen LogP contribution in [0, 0.1) is 13.8 Å². The van der Waals surface area contributed by atoms with Crippen LogP contribution in [0.4, 0.5) is 0 Å². The number of sulfonamides is 1. The molecule has 0 saturated heterocycles. The van der Waals surface area contributed by atoms with Gasteiger partial charge in [-0.3, -0.25) is 0 Å². The Labute approximate surface area is 102 Å². The van der Waals surface area contributed by atoms with Crippen molar-refractivity contribution in [1.82, 2.24) is 4.72 Å². The van der Waals surface area contributed by atoms with Gasteiger partial charge in [0.1, 0.15) is 0 Å². The van der Waals surface area contributed by atoms with Crippen LogP contribution in [-0.4, -0.2) is 15.0 Å². The molecule has 0 aliphatic rings. The standard InChI is InChI=1S/C9H12BrNO2S2/c1-6(10)5-11-15(12,13)9-4-7(2)14-8(9)3/h4,11H,1,5H2,2-3H3. The van der Waals surface area contributed by atoms with Crippen molar-refractivity contribution in [2.75, 3.05) is 6.54 Å². The first-order valence-electron chi connectivity index (χ1n) is 4.23. The predicted molar refractivity (Wildman–Crippen MR) is 67.0 cm³/mol. The number of rotatable bonds is 4. The maximum Gasteiger partial charge on any atom is 0.241 e. The lowest BCUT2D eigenvalue weighted by Gasteiger charge is -2.04. The molecule has 0 saturated carbocycles. The van der Waals surface area contributed by atoms with Crippen LogP contribution in [0.5, 0.6) is 0 Å². The molecule has 0 atom stereocenters. The third-order valence-electron chi connectivity index (χ3n) is 1.74. The topological polar surface area (TPSA) is 46.2 Å². The molecule has 1 rings (SSSR count).